The van der Waals surface area contributed by atoms with Crippen molar-refractivity contribution >= 4 is 0 Å². The molecule has 0 N–H and O–H groups in total. The summed E-state index contributed by atoms with van der Waals surface area (Å²) in [7, 11) is 0. The maximum Gasteiger partial charge on any atom is 0.123 e. The van der Waals surface area contributed by atoms with Crippen LogP contribution in [0.1, 0.15) is 43.7 Å². The van der Waals surface area contributed by atoms with E-state index in [-0.39, 0.29) is 0 Å². The summed E-state index contributed by atoms with van der Waals surface area (Å²) in [6.45, 7) is 2.25. The Balaban J connectivity index is 1.72. The number of fused-ring (bicyclic) bond motifs is 1. The van der Waals surface area contributed by atoms with Gasteiger partial charge in [-0.15, -0.1) is 0 Å². The van der Waals surface area contributed by atoms with Gasteiger partial charge < -0.3 is 4.74 Å². The molecule has 1 aliphatic carbocycles. The third-order valence-electron chi connectivity index (χ3n) is 3.79. The Labute approximate surface area is 97.8 Å². The molecule has 3 rings (SSSR count). The minimum atomic E-state index is 0.497. The molecule has 0 bridgehead atoms. The monoisotopic (exact) mass is 216 g/mol. The lowest BCUT2D eigenvalue weighted by atomic mass is 10.0. The quantitative estimate of drug-likeness (QED) is 0.745. The molecule has 1 fully saturated rings. The number of hydrogen-bond acceptors (Lipinski definition) is 1. The van der Waals surface area contributed by atoms with Crippen LogP contribution in [0, 0.1) is 5.92 Å². The van der Waals surface area contributed by atoms with E-state index < -0.39 is 0 Å². The van der Waals surface area contributed by atoms with Crippen molar-refractivity contribution in [2.45, 2.75) is 51.6 Å². The van der Waals surface area contributed by atoms with Gasteiger partial charge in [-0.2, -0.15) is 0 Å². The number of aryl methyl sites for hydroxylation is 1. The first-order valence-corrected chi connectivity index (χ1v) is 6.65. The largest absolute Gasteiger partial charge is 0.490 e. The van der Waals surface area contributed by atoms with E-state index in [9.17, 15) is 0 Å². The SMILES string of the molecule is CCCCc1ccc2c(c1)CC(C1CC1)O2. The number of rotatable bonds is 4. The van der Waals surface area contributed by atoms with E-state index >= 15 is 0 Å². The highest BCUT2D eigenvalue weighted by atomic mass is 16.5. The van der Waals surface area contributed by atoms with E-state index in [0.717, 1.165) is 18.1 Å². The zero-order valence-electron chi connectivity index (χ0n) is 10.0. The van der Waals surface area contributed by atoms with Crippen LogP contribution in [0.25, 0.3) is 0 Å². The Bertz CT molecular complexity index is 379. The molecule has 86 valence electrons. The third kappa shape index (κ3) is 1.95. The molecule has 1 heteroatoms. The molecule has 2 aliphatic rings. The van der Waals surface area contributed by atoms with Crippen LogP contribution < -0.4 is 4.74 Å². The fraction of sp³-hybridized carbons (Fsp3) is 0.600. The molecule has 1 saturated carbocycles. The molecule has 0 spiro atoms. The minimum absolute atomic E-state index is 0.497. The second-order valence-corrected chi connectivity index (χ2v) is 5.24. The Morgan fingerprint density at radius 1 is 1.31 bits per heavy atom. The highest BCUT2D eigenvalue weighted by Gasteiger charge is 2.36. The lowest BCUT2D eigenvalue weighted by Crippen LogP contribution is -2.14. The van der Waals surface area contributed by atoms with Crippen LogP contribution in [0.2, 0.25) is 0 Å². The van der Waals surface area contributed by atoms with Crippen LogP contribution in [0.4, 0.5) is 0 Å². The first kappa shape index (κ1) is 10.2. The summed E-state index contributed by atoms with van der Waals surface area (Å²) >= 11 is 0. The fourth-order valence-corrected chi connectivity index (χ4v) is 2.60. The van der Waals surface area contributed by atoms with Crippen molar-refractivity contribution < 1.29 is 4.74 Å². The van der Waals surface area contributed by atoms with Crippen LogP contribution in [0.5, 0.6) is 5.75 Å². The van der Waals surface area contributed by atoms with Crippen LogP contribution in [0.3, 0.4) is 0 Å². The van der Waals surface area contributed by atoms with Gasteiger partial charge >= 0.3 is 0 Å². The standard InChI is InChI=1S/C15H20O/c1-2-3-4-11-5-8-14-13(9-11)10-15(16-14)12-6-7-12/h5,8-9,12,15H,2-4,6-7,10H2,1H3. The van der Waals surface area contributed by atoms with Gasteiger partial charge in [0.05, 0.1) is 0 Å². The molecule has 1 aromatic carbocycles. The van der Waals surface area contributed by atoms with Gasteiger partial charge in [0.15, 0.2) is 0 Å². The first-order chi connectivity index (χ1) is 7.86. The second-order valence-electron chi connectivity index (χ2n) is 5.24. The number of benzene rings is 1. The molecule has 1 aromatic rings. The molecule has 0 saturated heterocycles. The summed E-state index contributed by atoms with van der Waals surface area (Å²) in [6, 6.07) is 6.79. The molecule has 0 radical (unpaired) electrons. The van der Waals surface area contributed by atoms with Gasteiger partial charge in [-0.1, -0.05) is 25.5 Å². The van der Waals surface area contributed by atoms with Crippen LogP contribution in [0.15, 0.2) is 18.2 Å². The van der Waals surface area contributed by atoms with E-state index in [4.69, 9.17) is 4.74 Å². The number of ether oxygens (including phenoxy) is 1. The van der Waals surface area contributed by atoms with Crippen LogP contribution >= 0.6 is 0 Å². The zero-order chi connectivity index (χ0) is 11.0. The molecular formula is C15H20O. The minimum Gasteiger partial charge on any atom is -0.490 e. The Hall–Kier alpha value is -0.980. The molecule has 0 aromatic heterocycles. The van der Waals surface area contributed by atoms with Gasteiger partial charge in [-0.05, 0) is 48.8 Å². The van der Waals surface area contributed by atoms with Gasteiger partial charge in [0, 0.05) is 6.42 Å². The molecule has 16 heavy (non-hydrogen) atoms. The van der Waals surface area contributed by atoms with Crippen molar-refractivity contribution in [3.63, 3.8) is 0 Å². The highest BCUT2D eigenvalue weighted by molar-refractivity contribution is 5.41. The van der Waals surface area contributed by atoms with E-state index in [1.807, 2.05) is 0 Å². The number of unbranched alkanes of at least 4 members (excludes halogenated alkanes) is 1. The van der Waals surface area contributed by atoms with E-state index in [0.29, 0.717) is 6.10 Å². The number of hydrogen-bond donors (Lipinski definition) is 0. The van der Waals surface area contributed by atoms with Crippen LogP contribution in [-0.2, 0) is 12.8 Å². The maximum absolute atomic E-state index is 5.99. The summed E-state index contributed by atoms with van der Waals surface area (Å²) in [5, 5.41) is 0. The van der Waals surface area contributed by atoms with Crippen molar-refractivity contribution in [1.82, 2.24) is 0 Å². The van der Waals surface area contributed by atoms with E-state index in [1.165, 1.54) is 43.2 Å². The van der Waals surface area contributed by atoms with E-state index in [2.05, 4.69) is 25.1 Å². The van der Waals surface area contributed by atoms with Crippen molar-refractivity contribution in [3.8, 4) is 5.75 Å². The predicted octanol–water partition coefficient (Wildman–Crippen LogP) is 3.74. The molecular weight excluding hydrogens is 196 g/mol. The molecule has 1 aliphatic heterocycles. The van der Waals surface area contributed by atoms with Crippen molar-refractivity contribution in [1.29, 1.82) is 0 Å². The molecule has 1 nitrogen and oxygen atoms in total. The van der Waals surface area contributed by atoms with E-state index in [1.54, 1.807) is 0 Å². The summed E-state index contributed by atoms with van der Waals surface area (Å²) in [4.78, 5) is 0. The van der Waals surface area contributed by atoms with Gasteiger partial charge in [0.1, 0.15) is 11.9 Å². The van der Waals surface area contributed by atoms with Crippen LogP contribution in [-0.4, -0.2) is 6.10 Å². The third-order valence-corrected chi connectivity index (χ3v) is 3.79. The summed E-state index contributed by atoms with van der Waals surface area (Å²) in [5.74, 6) is 2.00. The molecule has 0 amide bonds. The van der Waals surface area contributed by atoms with Crippen molar-refractivity contribution in [3.05, 3.63) is 29.3 Å². The highest BCUT2D eigenvalue weighted by Crippen LogP contribution is 2.41. The first-order valence-electron chi connectivity index (χ1n) is 6.65. The smallest absolute Gasteiger partial charge is 0.123 e. The Morgan fingerprint density at radius 2 is 2.19 bits per heavy atom. The summed E-state index contributed by atoms with van der Waals surface area (Å²) in [6.07, 6.45) is 8.20. The van der Waals surface area contributed by atoms with Gasteiger partial charge in [-0.25, -0.2) is 0 Å². The molecule has 1 unspecified atom stereocenters. The lowest BCUT2D eigenvalue weighted by Gasteiger charge is -2.07. The second kappa shape index (κ2) is 4.12. The summed E-state index contributed by atoms with van der Waals surface area (Å²) in [5.41, 5.74) is 2.94. The predicted molar refractivity (Wildman–Crippen MR) is 65.9 cm³/mol. The fourth-order valence-electron chi connectivity index (χ4n) is 2.60. The van der Waals surface area contributed by atoms with Gasteiger partial charge in [-0.3, -0.25) is 0 Å². The maximum atomic E-state index is 5.99. The van der Waals surface area contributed by atoms with Gasteiger partial charge in [0.2, 0.25) is 0 Å². The lowest BCUT2D eigenvalue weighted by molar-refractivity contribution is 0.208. The van der Waals surface area contributed by atoms with Crippen molar-refractivity contribution in [2.24, 2.45) is 5.92 Å². The average Bonchev–Trinajstić information content (AvgIpc) is 3.06. The summed E-state index contributed by atoms with van der Waals surface area (Å²) < 4.78 is 5.99. The van der Waals surface area contributed by atoms with Gasteiger partial charge in [0.25, 0.3) is 0 Å². The molecule has 1 atom stereocenters. The Morgan fingerprint density at radius 3 is 2.94 bits per heavy atom. The average molecular weight is 216 g/mol. The Kier molecular flexibility index (Phi) is 2.62. The zero-order valence-corrected chi connectivity index (χ0v) is 10.0. The topological polar surface area (TPSA) is 9.23 Å². The van der Waals surface area contributed by atoms with Crippen molar-refractivity contribution in [2.75, 3.05) is 0 Å². The normalized spacial score (nSPS) is 22.9. The molecule has 1 heterocycles.